The summed E-state index contributed by atoms with van der Waals surface area (Å²) < 4.78 is 58.7. The maximum absolute atomic E-state index is 14.3. The van der Waals surface area contributed by atoms with Crippen LogP contribution < -0.4 is 4.57 Å². The first-order valence-electron chi connectivity index (χ1n) is 10.6. The summed E-state index contributed by atoms with van der Waals surface area (Å²) in [5, 5.41) is 0. The molecule has 1 unspecified atom stereocenters. The summed E-state index contributed by atoms with van der Waals surface area (Å²) in [4.78, 5) is 19.7. The molecule has 180 valence electrons. The van der Waals surface area contributed by atoms with Gasteiger partial charge in [-0.1, -0.05) is 17.1 Å². The van der Waals surface area contributed by atoms with Gasteiger partial charge in [-0.15, -0.1) is 4.36 Å². The van der Waals surface area contributed by atoms with Crippen molar-refractivity contribution in [2.75, 3.05) is 0 Å². The van der Waals surface area contributed by atoms with Gasteiger partial charge in [0.15, 0.2) is 17.6 Å². The van der Waals surface area contributed by atoms with E-state index in [0.29, 0.717) is 22.7 Å². The van der Waals surface area contributed by atoms with Crippen LogP contribution >= 0.6 is 0 Å². The van der Waals surface area contributed by atoms with Gasteiger partial charge in [0.05, 0.1) is 6.20 Å². The molecule has 0 spiro atoms. The number of para-hydroxylation sites is 2. The topological polar surface area (TPSA) is 101 Å². The molecular weight excluding hydrogens is 488 g/mol. The fourth-order valence-electron chi connectivity index (χ4n) is 3.56. The van der Waals surface area contributed by atoms with Crippen LogP contribution in [-0.2, 0) is 10.0 Å². The number of fused-ring (bicyclic) bond motifs is 1. The van der Waals surface area contributed by atoms with Crippen molar-refractivity contribution in [3.8, 4) is 11.5 Å². The maximum atomic E-state index is 14.3. The van der Waals surface area contributed by atoms with E-state index in [1.807, 2.05) is 0 Å². The zero-order valence-electron chi connectivity index (χ0n) is 18.7. The Hall–Kier alpha value is -4.35. The third-order valence-corrected chi connectivity index (χ3v) is 6.68. The fourth-order valence-corrected chi connectivity index (χ4v) is 4.61. The van der Waals surface area contributed by atoms with E-state index in [1.54, 1.807) is 71.8 Å². The molecule has 1 atom stereocenters. The molecule has 2 aromatic heterocycles. The number of halogens is 2. The third kappa shape index (κ3) is 4.49. The number of benzene rings is 3. The number of rotatable bonds is 5. The SMILES string of the molecule is CC(=O)c1ccc(-n2cc[n+](-c3nc4ccccc4nc3N=S(=O)(O)c3cc(F)ccc3F)c2)cc1. The van der Waals surface area contributed by atoms with Crippen LogP contribution in [0.15, 0.2) is 94.7 Å². The summed E-state index contributed by atoms with van der Waals surface area (Å²) in [6.07, 6.45) is 4.99. The minimum atomic E-state index is -4.42. The molecule has 5 rings (SSSR count). The van der Waals surface area contributed by atoms with Crippen LogP contribution in [0.2, 0.25) is 0 Å². The summed E-state index contributed by atoms with van der Waals surface area (Å²) in [7, 11) is -4.42. The number of hydrogen-bond acceptors (Lipinski definition) is 5. The van der Waals surface area contributed by atoms with Crippen LogP contribution in [0.25, 0.3) is 22.5 Å². The van der Waals surface area contributed by atoms with Gasteiger partial charge in [-0.2, -0.15) is 0 Å². The smallest absolute Gasteiger partial charge is 0.296 e. The van der Waals surface area contributed by atoms with Gasteiger partial charge >= 0.3 is 5.82 Å². The normalized spacial score (nSPS) is 12.9. The van der Waals surface area contributed by atoms with E-state index in [1.165, 1.54) is 11.5 Å². The first kappa shape index (κ1) is 23.4. The van der Waals surface area contributed by atoms with Crippen LogP contribution in [0.1, 0.15) is 17.3 Å². The zero-order chi connectivity index (χ0) is 25.4. The van der Waals surface area contributed by atoms with Gasteiger partial charge in [0.2, 0.25) is 15.8 Å². The van der Waals surface area contributed by atoms with Crippen molar-refractivity contribution in [2.45, 2.75) is 11.8 Å². The first-order valence-corrected chi connectivity index (χ1v) is 12.1. The molecule has 0 aliphatic carbocycles. The van der Waals surface area contributed by atoms with E-state index >= 15 is 0 Å². The Morgan fingerprint density at radius 1 is 1.03 bits per heavy atom. The monoisotopic (exact) mass is 506 g/mol. The molecular formula is C25H18F2N5O3S+. The first-order chi connectivity index (χ1) is 17.2. The molecule has 0 bridgehead atoms. The summed E-state index contributed by atoms with van der Waals surface area (Å²) in [6.45, 7) is 1.48. The van der Waals surface area contributed by atoms with Gasteiger partial charge in [0.25, 0.3) is 0 Å². The Morgan fingerprint density at radius 2 is 1.72 bits per heavy atom. The van der Waals surface area contributed by atoms with Gasteiger partial charge in [-0.05, 0) is 61.5 Å². The molecule has 0 saturated heterocycles. The minimum absolute atomic E-state index is 0.0517. The van der Waals surface area contributed by atoms with Gasteiger partial charge < -0.3 is 0 Å². The average Bonchev–Trinajstić information content (AvgIpc) is 3.35. The van der Waals surface area contributed by atoms with Crippen LogP contribution in [0.5, 0.6) is 0 Å². The molecule has 0 aliphatic rings. The Kier molecular flexibility index (Phi) is 5.86. The molecule has 1 N–H and O–H groups in total. The van der Waals surface area contributed by atoms with Crippen molar-refractivity contribution < 1.29 is 26.9 Å². The van der Waals surface area contributed by atoms with E-state index in [2.05, 4.69) is 14.3 Å². The second-order valence-electron chi connectivity index (χ2n) is 7.85. The molecule has 0 saturated carbocycles. The molecule has 5 aromatic rings. The predicted molar refractivity (Wildman–Crippen MR) is 128 cm³/mol. The van der Waals surface area contributed by atoms with E-state index in [0.717, 1.165) is 17.8 Å². The number of imidazole rings is 1. The van der Waals surface area contributed by atoms with Gasteiger partial charge in [-0.25, -0.2) is 27.1 Å². The predicted octanol–water partition coefficient (Wildman–Crippen LogP) is 4.81. The van der Waals surface area contributed by atoms with Crippen LogP contribution in [0.4, 0.5) is 14.6 Å². The highest BCUT2D eigenvalue weighted by Crippen LogP contribution is 2.25. The van der Waals surface area contributed by atoms with Gasteiger partial charge in [0, 0.05) is 5.56 Å². The quantitative estimate of drug-likeness (QED) is 0.272. The van der Waals surface area contributed by atoms with Crippen molar-refractivity contribution in [3.05, 3.63) is 103 Å². The van der Waals surface area contributed by atoms with Crippen molar-refractivity contribution in [1.29, 1.82) is 0 Å². The third-order valence-electron chi connectivity index (χ3n) is 5.38. The number of ketones is 1. The molecule has 0 aliphatic heterocycles. The lowest BCUT2D eigenvalue weighted by Gasteiger charge is -2.06. The Balaban J connectivity index is 1.66. The summed E-state index contributed by atoms with van der Waals surface area (Å²) in [5.41, 5.74) is 2.22. The molecule has 8 nitrogen and oxygen atoms in total. The van der Waals surface area contributed by atoms with E-state index in [4.69, 9.17) is 0 Å². The second kappa shape index (κ2) is 9.02. The summed E-state index contributed by atoms with van der Waals surface area (Å²) in [5.74, 6) is -2.14. The Labute approximate surface area is 204 Å². The zero-order valence-corrected chi connectivity index (χ0v) is 19.6. The van der Waals surface area contributed by atoms with Crippen LogP contribution in [0, 0.1) is 11.6 Å². The molecule has 0 amide bonds. The van der Waals surface area contributed by atoms with E-state index < -0.39 is 26.5 Å². The molecule has 0 fully saturated rings. The highest BCUT2D eigenvalue weighted by atomic mass is 32.2. The van der Waals surface area contributed by atoms with Crippen LogP contribution in [-0.4, -0.2) is 29.1 Å². The van der Waals surface area contributed by atoms with Gasteiger partial charge in [-0.3, -0.25) is 9.35 Å². The lowest BCUT2D eigenvalue weighted by atomic mass is 10.1. The number of carbonyl (C=O) groups is 1. The van der Waals surface area contributed by atoms with Crippen molar-refractivity contribution >= 4 is 32.6 Å². The molecule has 11 heteroatoms. The highest BCUT2D eigenvalue weighted by Gasteiger charge is 2.23. The number of Topliss-reactive ketones (excluding diaryl/α,β-unsaturated/α-hetero) is 1. The maximum Gasteiger partial charge on any atom is 0.313 e. The molecule has 2 heterocycles. The number of hydrogen-bond donors (Lipinski definition) is 1. The lowest BCUT2D eigenvalue weighted by molar-refractivity contribution is -0.597. The van der Waals surface area contributed by atoms with E-state index in [-0.39, 0.29) is 17.4 Å². The fraction of sp³-hybridized carbons (Fsp3) is 0.0400. The second-order valence-corrected chi connectivity index (χ2v) is 9.47. The number of aromatic nitrogens is 4. The average molecular weight is 507 g/mol. The van der Waals surface area contributed by atoms with E-state index in [9.17, 15) is 22.3 Å². The van der Waals surface area contributed by atoms with Crippen molar-refractivity contribution in [1.82, 2.24) is 14.5 Å². The minimum Gasteiger partial charge on any atom is -0.296 e. The molecule has 0 radical (unpaired) electrons. The summed E-state index contributed by atoms with van der Waals surface area (Å²) in [6, 6.07) is 16.0. The number of carbonyl (C=O) groups excluding carboxylic acids is 1. The van der Waals surface area contributed by atoms with Crippen LogP contribution in [0.3, 0.4) is 0 Å². The lowest BCUT2D eigenvalue weighted by Crippen LogP contribution is -2.29. The standard InChI is InChI=1S/C25H17F2N5O3S/c1-16(33)17-6-9-19(10-7-17)31-12-13-32(15-31)25-24(28-21-4-2-3-5-22(21)29-25)30-36(34,35)23-14-18(26)8-11-20(23)27/h2-15H,1H3/p+1. The van der Waals surface area contributed by atoms with Crippen molar-refractivity contribution in [3.63, 3.8) is 0 Å². The van der Waals surface area contributed by atoms with Crippen molar-refractivity contribution in [2.24, 2.45) is 4.36 Å². The van der Waals surface area contributed by atoms with Gasteiger partial charge in [0.1, 0.15) is 33.9 Å². The highest BCUT2D eigenvalue weighted by molar-refractivity contribution is 7.88. The number of nitrogens with zero attached hydrogens (tertiary/aromatic N) is 5. The molecule has 3 aromatic carbocycles. The summed E-state index contributed by atoms with van der Waals surface area (Å²) >= 11 is 0. The largest absolute Gasteiger partial charge is 0.313 e. The Morgan fingerprint density at radius 3 is 2.42 bits per heavy atom. The molecule has 36 heavy (non-hydrogen) atoms. The Bertz CT molecular complexity index is 1760.